The normalized spacial score (nSPS) is 11.6. The molecule has 0 N–H and O–H groups in total. The van der Waals surface area contributed by atoms with Gasteiger partial charge in [0.05, 0.1) is 21.2 Å². The van der Waals surface area contributed by atoms with Crippen molar-refractivity contribution >= 4 is 34.5 Å². The van der Waals surface area contributed by atoms with Gasteiger partial charge in [-0.2, -0.15) is 4.99 Å². The van der Waals surface area contributed by atoms with Crippen molar-refractivity contribution in [1.29, 1.82) is 0 Å². The summed E-state index contributed by atoms with van der Waals surface area (Å²) in [5, 5.41) is 10.9. The first kappa shape index (κ1) is 21.0. The minimum Gasteiger partial charge on any atom is -0.316 e. The number of non-ortho nitro benzene ring substituents is 1. The first-order valence-corrected chi connectivity index (χ1v) is 10.5. The first-order valence-electron chi connectivity index (χ1n) is 9.27. The summed E-state index contributed by atoms with van der Waals surface area (Å²) in [7, 11) is 0. The van der Waals surface area contributed by atoms with Gasteiger partial charge in [-0.15, -0.1) is 11.3 Å². The summed E-state index contributed by atoms with van der Waals surface area (Å²) < 4.78 is 2.03. The summed E-state index contributed by atoms with van der Waals surface area (Å²) in [5.41, 5.74) is 2.13. The van der Waals surface area contributed by atoms with E-state index in [0.717, 1.165) is 24.1 Å². The van der Waals surface area contributed by atoms with Crippen LogP contribution in [0.15, 0.2) is 53.5 Å². The van der Waals surface area contributed by atoms with Gasteiger partial charge in [-0.25, -0.2) is 0 Å². The molecule has 0 unspecified atom stereocenters. The predicted octanol–water partition coefficient (Wildman–Crippen LogP) is 5.49. The Labute approximate surface area is 177 Å². The van der Waals surface area contributed by atoms with Crippen LogP contribution in [0.2, 0.25) is 5.02 Å². The van der Waals surface area contributed by atoms with Gasteiger partial charge in [0.2, 0.25) is 0 Å². The molecule has 3 rings (SSSR count). The maximum atomic E-state index is 12.8. The highest BCUT2D eigenvalue weighted by Crippen LogP contribution is 2.28. The van der Waals surface area contributed by atoms with Crippen molar-refractivity contribution in [3.63, 3.8) is 0 Å². The minimum absolute atomic E-state index is 0.0182. The van der Waals surface area contributed by atoms with Crippen LogP contribution < -0.4 is 4.80 Å². The number of amides is 1. The highest BCUT2D eigenvalue weighted by molar-refractivity contribution is 7.09. The van der Waals surface area contributed by atoms with Gasteiger partial charge in [-0.05, 0) is 25.0 Å². The SMILES string of the molecule is CCCc1sc(=NC(=O)c2ccc([N+](=O)[O-])cc2Cl)n(CC)c1-c1ccccc1. The second kappa shape index (κ2) is 9.15. The van der Waals surface area contributed by atoms with Crippen LogP contribution in [0.4, 0.5) is 5.69 Å². The van der Waals surface area contributed by atoms with E-state index in [0.29, 0.717) is 11.3 Å². The molecule has 0 fully saturated rings. The first-order chi connectivity index (χ1) is 14.0. The molecule has 29 heavy (non-hydrogen) atoms. The lowest BCUT2D eigenvalue weighted by Crippen LogP contribution is -2.17. The number of halogens is 1. The van der Waals surface area contributed by atoms with Crippen molar-refractivity contribution in [3.05, 3.63) is 78.9 Å². The van der Waals surface area contributed by atoms with Crippen molar-refractivity contribution in [2.75, 3.05) is 0 Å². The van der Waals surface area contributed by atoms with E-state index in [2.05, 4.69) is 11.9 Å². The zero-order valence-corrected chi connectivity index (χ0v) is 17.7. The molecule has 3 aromatic rings. The zero-order valence-electron chi connectivity index (χ0n) is 16.1. The summed E-state index contributed by atoms with van der Waals surface area (Å²) in [5.74, 6) is -0.518. The molecule has 2 aromatic carbocycles. The number of benzene rings is 2. The van der Waals surface area contributed by atoms with Gasteiger partial charge in [-0.3, -0.25) is 14.9 Å². The second-order valence-electron chi connectivity index (χ2n) is 6.35. The number of hydrogen-bond donors (Lipinski definition) is 0. The van der Waals surface area contributed by atoms with Gasteiger partial charge in [0.25, 0.3) is 11.6 Å². The number of nitrogens with zero attached hydrogens (tertiary/aromatic N) is 3. The van der Waals surface area contributed by atoms with Crippen LogP contribution in [-0.2, 0) is 13.0 Å². The zero-order chi connectivity index (χ0) is 21.0. The molecule has 0 aliphatic heterocycles. The van der Waals surface area contributed by atoms with E-state index in [-0.39, 0.29) is 16.3 Å². The number of rotatable bonds is 6. The molecule has 1 aromatic heterocycles. The molecule has 0 radical (unpaired) electrons. The Morgan fingerprint density at radius 2 is 1.93 bits per heavy atom. The third kappa shape index (κ3) is 4.46. The highest BCUT2D eigenvalue weighted by Gasteiger charge is 2.17. The summed E-state index contributed by atoms with van der Waals surface area (Å²) in [4.78, 5) is 29.2. The fourth-order valence-corrected chi connectivity index (χ4v) is 4.65. The van der Waals surface area contributed by atoms with Crippen LogP contribution >= 0.6 is 22.9 Å². The Morgan fingerprint density at radius 3 is 2.52 bits per heavy atom. The number of thiazole rings is 1. The van der Waals surface area contributed by atoms with Crippen molar-refractivity contribution in [3.8, 4) is 11.3 Å². The van der Waals surface area contributed by atoms with Crippen LogP contribution in [-0.4, -0.2) is 15.4 Å². The Kier molecular flexibility index (Phi) is 6.61. The number of aromatic nitrogens is 1. The van der Waals surface area contributed by atoms with Crippen LogP contribution in [0.3, 0.4) is 0 Å². The lowest BCUT2D eigenvalue weighted by molar-refractivity contribution is -0.384. The van der Waals surface area contributed by atoms with Crippen molar-refractivity contribution in [2.45, 2.75) is 33.2 Å². The fourth-order valence-electron chi connectivity index (χ4n) is 3.08. The fraction of sp³-hybridized carbons (Fsp3) is 0.238. The number of carbonyl (C=O) groups excluding carboxylic acids is 1. The van der Waals surface area contributed by atoms with Crippen LogP contribution in [0.5, 0.6) is 0 Å². The standard InChI is InChI=1S/C21H20ClN3O3S/c1-3-8-18-19(14-9-6-5-7-10-14)24(4-2)21(29-18)23-20(26)16-12-11-15(25(27)28)13-17(16)22/h5-7,9-13H,3-4,8H2,1-2H3. The largest absolute Gasteiger partial charge is 0.316 e. The number of nitro benzene ring substituents is 1. The lowest BCUT2D eigenvalue weighted by atomic mass is 10.1. The second-order valence-corrected chi connectivity index (χ2v) is 7.82. The van der Waals surface area contributed by atoms with E-state index in [1.165, 1.54) is 34.4 Å². The molecule has 0 bridgehead atoms. The molecule has 0 saturated carbocycles. The quantitative estimate of drug-likeness (QED) is 0.384. The van der Waals surface area contributed by atoms with Gasteiger partial charge in [0.1, 0.15) is 0 Å². The number of carbonyl (C=O) groups is 1. The van der Waals surface area contributed by atoms with Crippen molar-refractivity contribution < 1.29 is 9.72 Å². The van der Waals surface area contributed by atoms with Crippen LogP contribution in [0.25, 0.3) is 11.3 Å². The summed E-state index contributed by atoms with van der Waals surface area (Å²) in [6, 6.07) is 13.8. The highest BCUT2D eigenvalue weighted by atomic mass is 35.5. The molecule has 0 spiro atoms. The topological polar surface area (TPSA) is 77.5 Å². The Hall–Kier alpha value is -2.77. The molecular weight excluding hydrogens is 410 g/mol. The molecular formula is C21H20ClN3O3S. The Bertz CT molecular complexity index is 1120. The average molecular weight is 430 g/mol. The Balaban J connectivity index is 2.12. The van der Waals surface area contributed by atoms with Gasteiger partial charge in [-0.1, -0.05) is 55.3 Å². The maximum Gasteiger partial charge on any atom is 0.281 e. The van der Waals surface area contributed by atoms with Gasteiger partial charge >= 0.3 is 0 Å². The summed E-state index contributed by atoms with van der Waals surface area (Å²) in [6.45, 7) is 4.78. The van der Waals surface area contributed by atoms with E-state index in [9.17, 15) is 14.9 Å². The average Bonchev–Trinajstić information content (AvgIpc) is 3.05. The molecule has 0 saturated heterocycles. The van der Waals surface area contributed by atoms with Crippen molar-refractivity contribution in [1.82, 2.24) is 4.57 Å². The molecule has 150 valence electrons. The van der Waals surface area contributed by atoms with Crippen LogP contribution in [0.1, 0.15) is 35.5 Å². The van der Waals surface area contributed by atoms with Gasteiger partial charge < -0.3 is 4.57 Å². The number of hydrogen-bond acceptors (Lipinski definition) is 4. The maximum absolute atomic E-state index is 12.8. The Morgan fingerprint density at radius 1 is 1.21 bits per heavy atom. The van der Waals surface area contributed by atoms with E-state index in [1.54, 1.807) is 0 Å². The van der Waals surface area contributed by atoms with E-state index < -0.39 is 10.8 Å². The number of nitro groups is 1. The van der Waals surface area contributed by atoms with Crippen LogP contribution in [0, 0.1) is 10.1 Å². The molecule has 0 aliphatic carbocycles. The lowest BCUT2D eigenvalue weighted by Gasteiger charge is -2.08. The van der Waals surface area contributed by atoms with E-state index in [1.807, 2.05) is 41.8 Å². The summed E-state index contributed by atoms with van der Waals surface area (Å²) in [6.07, 6.45) is 1.86. The molecule has 0 aliphatic rings. The monoisotopic (exact) mass is 429 g/mol. The van der Waals surface area contributed by atoms with Gasteiger partial charge in [0.15, 0.2) is 4.80 Å². The molecule has 1 heterocycles. The van der Waals surface area contributed by atoms with Gasteiger partial charge in [0, 0.05) is 23.6 Å². The smallest absolute Gasteiger partial charge is 0.281 e. The molecule has 1 amide bonds. The summed E-state index contributed by atoms with van der Waals surface area (Å²) >= 11 is 7.59. The predicted molar refractivity (Wildman–Crippen MR) is 115 cm³/mol. The van der Waals surface area contributed by atoms with E-state index >= 15 is 0 Å². The molecule has 6 nitrogen and oxygen atoms in total. The third-order valence-electron chi connectivity index (χ3n) is 4.41. The minimum atomic E-state index is -0.551. The van der Waals surface area contributed by atoms with E-state index in [4.69, 9.17) is 11.6 Å². The molecule has 8 heteroatoms. The number of aryl methyl sites for hydroxylation is 1. The van der Waals surface area contributed by atoms with Crippen molar-refractivity contribution in [2.24, 2.45) is 4.99 Å². The third-order valence-corrected chi connectivity index (χ3v) is 5.86. The molecule has 0 atom stereocenters.